The van der Waals surface area contributed by atoms with E-state index < -0.39 is 93.0 Å². The summed E-state index contributed by atoms with van der Waals surface area (Å²) in [5.74, 6) is -4.48. The van der Waals surface area contributed by atoms with E-state index in [2.05, 4.69) is 0 Å². The number of alkyl halides is 10. The van der Waals surface area contributed by atoms with Crippen molar-refractivity contribution < 1.29 is 62.3 Å². The highest BCUT2D eigenvalue weighted by molar-refractivity contribution is 6.31. The highest BCUT2D eigenvalue weighted by Gasteiger charge is 2.73. The van der Waals surface area contributed by atoms with E-state index in [1.54, 1.807) is 0 Å². The molecule has 0 atom stereocenters. The quantitative estimate of drug-likeness (QED) is 0.201. The smallest absolute Gasteiger partial charge is 0.309 e. The van der Waals surface area contributed by atoms with E-state index in [1.807, 2.05) is 0 Å². The van der Waals surface area contributed by atoms with Crippen molar-refractivity contribution in [3.05, 3.63) is 99.1 Å². The van der Waals surface area contributed by atoms with Crippen LogP contribution in [0, 0.1) is 11.6 Å². The third kappa shape index (κ3) is 6.05. The Hall–Kier alpha value is -3.75. The van der Waals surface area contributed by atoms with Crippen molar-refractivity contribution in [3.63, 3.8) is 0 Å². The summed E-state index contributed by atoms with van der Waals surface area (Å²) in [7, 11) is 1.06. The normalized spacial score (nSPS) is 12.8. The Labute approximate surface area is 233 Å². The van der Waals surface area contributed by atoms with E-state index >= 15 is 4.39 Å². The summed E-state index contributed by atoms with van der Waals surface area (Å²) >= 11 is 5.59. The zero-order valence-corrected chi connectivity index (χ0v) is 21.3. The molecular formula is C26H14ClF12NO2. The SMILES string of the molecule is CN(C(=O)c1ccc(F)cc1)c1cccc(C(=O)Cc2c(Cl)cc(C(F)(C(F)(F)F)C(F)(F)F)cc2C(F)(F)F)c1F. The molecule has 0 spiro atoms. The molecule has 0 unspecified atom stereocenters. The van der Waals surface area contributed by atoms with Gasteiger partial charge in [-0.25, -0.2) is 13.2 Å². The molecule has 1 amide bonds. The topological polar surface area (TPSA) is 37.4 Å². The molecule has 0 bridgehead atoms. The summed E-state index contributed by atoms with van der Waals surface area (Å²) in [4.78, 5) is 26.2. The standard InChI is InChI=1S/C26H14ClF12NO2/c1-40(22(42)12-5-7-14(28)8-6-12)19-4-2-3-15(21(19)29)20(41)11-16-17(24(31,32)33)9-13(10-18(16)27)23(30,25(34,35)36)26(37,38)39/h2-10H,11H2,1H3. The number of carbonyl (C=O) groups excluding carboxylic acids is 2. The van der Waals surface area contributed by atoms with Crippen molar-refractivity contribution in [2.24, 2.45) is 0 Å². The Morgan fingerprint density at radius 1 is 0.810 bits per heavy atom. The Balaban J connectivity index is 2.07. The maximum atomic E-state index is 15.3. The van der Waals surface area contributed by atoms with Gasteiger partial charge in [-0.3, -0.25) is 9.59 Å². The highest BCUT2D eigenvalue weighted by Crippen LogP contribution is 2.54. The summed E-state index contributed by atoms with van der Waals surface area (Å²) < 4.78 is 163. The summed E-state index contributed by atoms with van der Waals surface area (Å²) in [6, 6.07) is 5.70. The predicted octanol–water partition coefficient (Wildman–Crippen LogP) is 8.63. The number of Topliss-reactive ketones (excluding diaryl/α,β-unsaturated/α-hetero) is 1. The monoisotopic (exact) mass is 635 g/mol. The van der Waals surface area contributed by atoms with Gasteiger partial charge in [-0.1, -0.05) is 17.7 Å². The van der Waals surface area contributed by atoms with Crippen molar-refractivity contribution >= 4 is 29.0 Å². The van der Waals surface area contributed by atoms with Gasteiger partial charge in [0.05, 0.1) is 16.8 Å². The number of anilines is 1. The molecule has 3 aromatic rings. The second-order valence-corrected chi connectivity index (χ2v) is 9.15. The van der Waals surface area contributed by atoms with Crippen LogP contribution in [0.2, 0.25) is 5.02 Å². The molecule has 226 valence electrons. The first-order valence-corrected chi connectivity index (χ1v) is 11.6. The summed E-state index contributed by atoms with van der Waals surface area (Å²) in [5.41, 5.74) is -14.0. The van der Waals surface area contributed by atoms with Crippen molar-refractivity contribution in [1.29, 1.82) is 0 Å². The maximum Gasteiger partial charge on any atom is 0.435 e. The number of amides is 1. The highest BCUT2D eigenvalue weighted by atomic mass is 35.5. The van der Waals surface area contributed by atoms with Crippen LogP contribution in [-0.4, -0.2) is 31.1 Å². The van der Waals surface area contributed by atoms with Crippen molar-refractivity contribution in [2.45, 2.75) is 30.6 Å². The van der Waals surface area contributed by atoms with E-state index in [-0.39, 0.29) is 11.6 Å². The summed E-state index contributed by atoms with van der Waals surface area (Å²) in [6.45, 7) is 0. The predicted molar refractivity (Wildman–Crippen MR) is 125 cm³/mol. The molecule has 0 fully saturated rings. The number of ketones is 1. The summed E-state index contributed by atoms with van der Waals surface area (Å²) in [6.07, 6.45) is -20.7. The molecule has 16 heteroatoms. The molecule has 0 aromatic heterocycles. The van der Waals surface area contributed by atoms with E-state index in [0.717, 1.165) is 49.5 Å². The van der Waals surface area contributed by atoms with Gasteiger partial charge in [-0.05, 0) is 54.1 Å². The fourth-order valence-corrected chi connectivity index (χ4v) is 4.19. The molecule has 0 saturated heterocycles. The minimum absolute atomic E-state index is 0.113. The van der Waals surface area contributed by atoms with E-state index in [1.165, 1.54) is 0 Å². The first-order valence-electron chi connectivity index (χ1n) is 11.2. The minimum Gasteiger partial charge on any atom is -0.309 e. The van der Waals surface area contributed by atoms with Crippen molar-refractivity contribution in [2.75, 3.05) is 11.9 Å². The summed E-state index contributed by atoms with van der Waals surface area (Å²) in [5, 5.41) is -1.48. The van der Waals surface area contributed by atoms with Crippen LogP contribution in [0.4, 0.5) is 58.4 Å². The lowest BCUT2D eigenvalue weighted by Gasteiger charge is -2.31. The average Bonchev–Trinajstić information content (AvgIpc) is 2.86. The van der Waals surface area contributed by atoms with Gasteiger partial charge in [-0.15, -0.1) is 0 Å². The van der Waals surface area contributed by atoms with E-state index in [4.69, 9.17) is 11.6 Å². The zero-order chi connectivity index (χ0) is 32.0. The lowest BCUT2D eigenvalue weighted by molar-refractivity contribution is -0.348. The fourth-order valence-electron chi connectivity index (χ4n) is 3.90. The van der Waals surface area contributed by atoms with Crippen LogP contribution >= 0.6 is 11.6 Å². The van der Waals surface area contributed by atoms with Gasteiger partial charge >= 0.3 is 24.2 Å². The molecule has 42 heavy (non-hydrogen) atoms. The lowest BCUT2D eigenvalue weighted by Crippen LogP contribution is -2.50. The molecule has 0 radical (unpaired) electrons. The number of halogens is 13. The van der Waals surface area contributed by atoms with Crippen LogP contribution in [0.15, 0.2) is 54.6 Å². The van der Waals surface area contributed by atoms with Crippen LogP contribution in [0.1, 0.15) is 37.4 Å². The molecule has 0 aliphatic heterocycles. The van der Waals surface area contributed by atoms with Gasteiger partial charge in [0.2, 0.25) is 0 Å². The second kappa shape index (κ2) is 11.2. The number of rotatable bonds is 6. The third-order valence-electron chi connectivity index (χ3n) is 6.05. The van der Waals surface area contributed by atoms with E-state index in [0.29, 0.717) is 4.90 Å². The van der Waals surface area contributed by atoms with Gasteiger partial charge in [0.1, 0.15) is 5.82 Å². The number of nitrogens with zero attached hydrogens (tertiary/aromatic N) is 1. The maximum absolute atomic E-state index is 15.3. The Kier molecular flexibility index (Phi) is 8.70. The minimum atomic E-state index is -6.75. The second-order valence-electron chi connectivity index (χ2n) is 8.75. The van der Waals surface area contributed by atoms with Gasteiger partial charge in [-0.2, -0.15) is 39.5 Å². The third-order valence-corrected chi connectivity index (χ3v) is 6.39. The Bertz CT molecular complexity index is 1500. The molecule has 0 saturated carbocycles. The Morgan fingerprint density at radius 2 is 1.36 bits per heavy atom. The van der Waals surface area contributed by atoms with Crippen molar-refractivity contribution in [1.82, 2.24) is 0 Å². The number of carbonyl (C=O) groups is 2. The van der Waals surface area contributed by atoms with Crippen LogP contribution in [0.25, 0.3) is 0 Å². The largest absolute Gasteiger partial charge is 0.435 e. The molecule has 0 heterocycles. The average molecular weight is 636 g/mol. The molecule has 3 rings (SSSR count). The Morgan fingerprint density at radius 3 is 1.86 bits per heavy atom. The molecule has 3 nitrogen and oxygen atoms in total. The first kappa shape index (κ1) is 32.8. The van der Waals surface area contributed by atoms with Gasteiger partial charge in [0.15, 0.2) is 11.6 Å². The number of benzene rings is 3. The van der Waals surface area contributed by atoms with Crippen molar-refractivity contribution in [3.8, 4) is 0 Å². The lowest BCUT2D eigenvalue weighted by atomic mass is 9.89. The van der Waals surface area contributed by atoms with Crippen LogP contribution in [-0.2, 0) is 18.3 Å². The van der Waals surface area contributed by atoms with Crippen LogP contribution in [0.3, 0.4) is 0 Å². The fraction of sp³-hybridized carbons (Fsp3) is 0.231. The van der Waals surface area contributed by atoms with Gasteiger partial charge < -0.3 is 4.90 Å². The molecule has 0 aliphatic rings. The molecule has 0 N–H and O–H groups in total. The van der Waals surface area contributed by atoms with Crippen LogP contribution in [0.5, 0.6) is 0 Å². The molecule has 0 aliphatic carbocycles. The number of hydrogen-bond donors (Lipinski definition) is 0. The number of hydrogen-bond acceptors (Lipinski definition) is 2. The van der Waals surface area contributed by atoms with E-state index in [9.17, 15) is 57.9 Å². The molecule has 3 aromatic carbocycles. The van der Waals surface area contributed by atoms with Gasteiger partial charge in [0.25, 0.3) is 5.91 Å². The first-order chi connectivity index (χ1) is 19.1. The molecular weight excluding hydrogens is 622 g/mol. The zero-order valence-electron chi connectivity index (χ0n) is 20.6. The van der Waals surface area contributed by atoms with Gasteiger partial charge in [0, 0.05) is 29.6 Å². The van der Waals surface area contributed by atoms with Crippen LogP contribution < -0.4 is 4.90 Å².